The van der Waals surface area contributed by atoms with Crippen molar-refractivity contribution in [2.45, 2.75) is 64.5 Å². The van der Waals surface area contributed by atoms with Gasteiger partial charge in [0.25, 0.3) is 5.91 Å². The number of unbranched alkanes of at least 4 members (excludes halogenated alkanes) is 1. The molecule has 1 aliphatic carbocycles. The molecule has 0 aromatic heterocycles. The Hall–Kier alpha value is -4.08. The van der Waals surface area contributed by atoms with Crippen LogP contribution < -0.4 is 16.1 Å². The maximum Gasteiger partial charge on any atom is 0.426 e. The first kappa shape index (κ1) is 28.5. The van der Waals surface area contributed by atoms with E-state index in [9.17, 15) is 24.3 Å². The standard InChI is InChI=1S/C28H36N4O6/c1-18(33)30-24(25(34)31-32(27(36)37)28(2,3)4)15-9-10-16-29-26(35)38-17-23-21-13-7-5-11-19(21)20-12-6-8-14-22(20)23/h5-8,11-14,23-24H,9-10,15-17H2,1-4H3,(H,29,35)(H,30,33)(H,31,34)(H,36,37). The number of carbonyl (C=O) groups is 4. The van der Waals surface area contributed by atoms with Crippen molar-refractivity contribution in [1.82, 2.24) is 21.1 Å². The van der Waals surface area contributed by atoms with Crippen molar-refractivity contribution < 1.29 is 29.0 Å². The summed E-state index contributed by atoms with van der Waals surface area (Å²) in [5.74, 6) is -1.05. The van der Waals surface area contributed by atoms with Gasteiger partial charge in [0.1, 0.15) is 12.6 Å². The highest BCUT2D eigenvalue weighted by atomic mass is 16.5. The van der Waals surface area contributed by atoms with E-state index in [0.717, 1.165) is 27.3 Å². The number of benzene rings is 2. The third kappa shape index (κ3) is 7.24. The Kier molecular flexibility index (Phi) is 9.33. The minimum atomic E-state index is -1.31. The number of hydrazine groups is 1. The molecule has 4 N–H and O–H groups in total. The minimum Gasteiger partial charge on any atom is -0.464 e. The molecule has 2 aromatic carbocycles. The van der Waals surface area contributed by atoms with Crippen molar-refractivity contribution >= 4 is 24.0 Å². The molecule has 204 valence electrons. The first-order valence-electron chi connectivity index (χ1n) is 12.7. The van der Waals surface area contributed by atoms with E-state index in [2.05, 4.69) is 40.3 Å². The summed E-state index contributed by atoms with van der Waals surface area (Å²) in [4.78, 5) is 48.1. The summed E-state index contributed by atoms with van der Waals surface area (Å²) < 4.78 is 5.52. The van der Waals surface area contributed by atoms with Gasteiger partial charge >= 0.3 is 12.2 Å². The van der Waals surface area contributed by atoms with Crippen LogP contribution in [0.3, 0.4) is 0 Å². The minimum absolute atomic E-state index is 0.0245. The molecule has 0 fully saturated rings. The fourth-order valence-corrected chi connectivity index (χ4v) is 4.52. The van der Waals surface area contributed by atoms with Crippen molar-refractivity contribution in [2.24, 2.45) is 0 Å². The lowest BCUT2D eigenvalue weighted by Crippen LogP contribution is -2.59. The Morgan fingerprint density at radius 2 is 1.55 bits per heavy atom. The highest BCUT2D eigenvalue weighted by Gasteiger charge is 2.31. The second-order valence-electron chi connectivity index (χ2n) is 10.3. The third-order valence-electron chi connectivity index (χ3n) is 6.31. The van der Waals surface area contributed by atoms with Crippen LogP contribution in [0.5, 0.6) is 0 Å². The molecular weight excluding hydrogens is 488 g/mol. The van der Waals surface area contributed by atoms with Gasteiger partial charge in [-0.15, -0.1) is 0 Å². The van der Waals surface area contributed by atoms with Gasteiger partial charge in [0.15, 0.2) is 0 Å². The molecule has 2 aromatic rings. The lowest BCUT2D eigenvalue weighted by atomic mass is 9.98. The molecule has 0 aliphatic heterocycles. The zero-order valence-electron chi connectivity index (χ0n) is 22.2. The molecule has 1 aliphatic rings. The predicted molar refractivity (Wildman–Crippen MR) is 142 cm³/mol. The number of hydrogen-bond donors (Lipinski definition) is 4. The van der Waals surface area contributed by atoms with E-state index in [1.165, 1.54) is 6.92 Å². The van der Waals surface area contributed by atoms with Gasteiger partial charge in [0.2, 0.25) is 5.91 Å². The fourth-order valence-electron chi connectivity index (χ4n) is 4.52. The molecule has 10 nitrogen and oxygen atoms in total. The van der Waals surface area contributed by atoms with Gasteiger partial charge in [0, 0.05) is 19.4 Å². The Morgan fingerprint density at radius 3 is 2.08 bits per heavy atom. The predicted octanol–water partition coefficient (Wildman–Crippen LogP) is 4.01. The van der Waals surface area contributed by atoms with Crippen molar-refractivity contribution in [2.75, 3.05) is 13.2 Å². The second kappa shape index (κ2) is 12.4. The molecule has 0 saturated carbocycles. The van der Waals surface area contributed by atoms with Crippen molar-refractivity contribution in [3.63, 3.8) is 0 Å². The first-order chi connectivity index (χ1) is 18.0. The summed E-state index contributed by atoms with van der Waals surface area (Å²) in [6.07, 6.45) is -0.514. The van der Waals surface area contributed by atoms with Gasteiger partial charge in [-0.3, -0.25) is 15.0 Å². The van der Waals surface area contributed by atoms with Crippen LogP contribution in [0.2, 0.25) is 0 Å². The third-order valence-corrected chi connectivity index (χ3v) is 6.31. The largest absolute Gasteiger partial charge is 0.464 e. The van der Waals surface area contributed by atoms with Crippen LogP contribution in [0, 0.1) is 0 Å². The molecule has 0 heterocycles. The monoisotopic (exact) mass is 524 g/mol. The lowest BCUT2D eigenvalue weighted by molar-refractivity contribution is -0.132. The summed E-state index contributed by atoms with van der Waals surface area (Å²) in [7, 11) is 0. The summed E-state index contributed by atoms with van der Waals surface area (Å²) in [6, 6.07) is 15.3. The number of amides is 4. The van der Waals surface area contributed by atoms with Crippen molar-refractivity contribution in [3.8, 4) is 11.1 Å². The molecule has 0 spiro atoms. The van der Waals surface area contributed by atoms with Crippen molar-refractivity contribution in [1.29, 1.82) is 0 Å². The van der Waals surface area contributed by atoms with Crippen LogP contribution in [-0.4, -0.2) is 58.8 Å². The first-order valence-corrected chi connectivity index (χ1v) is 12.7. The van der Waals surface area contributed by atoms with Gasteiger partial charge in [-0.2, -0.15) is 0 Å². The Labute approximate surface area is 222 Å². The smallest absolute Gasteiger partial charge is 0.426 e. The average molecular weight is 525 g/mol. The van der Waals surface area contributed by atoms with Crippen LogP contribution in [0.1, 0.15) is 64.0 Å². The van der Waals surface area contributed by atoms with Crippen LogP contribution in [-0.2, 0) is 14.3 Å². The Bertz CT molecular complexity index is 1130. The topological polar surface area (TPSA) is 137 Å². The van der Waals surface area contributed by atoms with E-state index < -0.39 is 35.6 Å². The Balaban J connectivity index is 1.45. The highest BCUT2D eigenvalue weighted by Crippen LogP contribution is 2.44. The van der Waals surface area contributed by atoms with E-state index in [1.807, 2.05) is 24.3 Å². The molecular formula is C28H36N4O6. The quantitative estimate of drug-likeness (QED) is 0.289. The molecule has 0 radical (unpaired) electrons. The van der Waals surface area contributed by atoms with Gasteiger partial charge in [-0.25, -0.2) is 14.6 Å². The molecule has 1 atom stereocenters. The number of ether oxygens (including phenoxy) is 1. The van der Waals surface area contributed by atoms with Crippen LogP contribution in [0.25, 0.3) is 11.1 Å². The lowest BCUT2D eigenvalue weighted by Gasteiger charge is -2.34. The highest BCUT2D eigenvalue weighted by molar-refractivity contribution is 5.87. The number of hydrogen-bond acceptors (Lipinski definition) is 5. The van der Waals surface area contributed by atoms with Crippen LogP contribution in [0.15, 0.2) is 48.5 Å². The molecule has 4 amide bonds. The van der Waals surface area contributed by atoms with Gasteiger partial charge in [-0.1, -0.05) is 48.5 Å². The van der Waals surface area contributed by atoms with Crippen molar-refractivity contribution in [3.05, 3.63) is 59.7 Å². The summed E-state index contributed by atoms with van der Waals surface area (Å²) in [6.45, 7) is 6.77. The van der Waals surface area contributed by atoms with Crippen LogP contribution in [0.4, 0.5) is 9.59 Å². The van der Waals surface area contributed by atoms with E-state index in [0.29, 0.717) is 19.4 Å². The number of alkyl carbamates (subject to hydrolysis) is 1. The zero-order valence-corrected chi connectivity index (χ0v) is 22.2. The molecule has 0 bridgehead atoms. The molecule has 10 heteroatoms. The number of fused-ring (bicyclic) bond motifs is 3. The Morgan fingerprint density at radius 1 is 0.974 bits per heavy atom. The van der Waals surface area contributed by atoms with Gasteiger partial charge < -0.3 is 20.5 Å². The SMILES string of the molecule is CC(=O)NC(CCCCNC(=O)OCC1c2ccccc2-c2ccccc21)C(=O)NN(C(=O)O)C(C)(C)C. The molecule has 0 saturated heterocycles. The average Bonchev–Trinajstić information content (AvgIpc) is 3.17. The van der Waals surface area contributed by atoms with Gasteiger partial charge in [-0.05, 0) is 62.3 Å². The summed E-state index contributed by atoms with van der Waals surface area (Å²) >= 11 is 0. The summed E-state index contributed by atoms with van der Waals surface area (Å²) in [5, 5.41) is 15.5. The molecule has 3 rings (SSSR count). The van der Waals surface area contributed by atoms with E-state index in [-0.39, 0.29) is 18.9 Å². The van der Waals surface area contributed by atoms with E-state index >= 15 is 0 Å². The number of carboxylic acid groups (broad SMARTS) is 1. The normalized spacial score (nSPS) is 13.1. The molecule has 1 unspecified atom stereocenters. The van der Waals surface area contributed by atoms with E-state index in [4.69, 9.17) is 4.74 Å². The van der Waals surface area contributed by atoms with Gasteiger partial charge in [0.05, 0.1) is 5.54 Å². The molecule has 38 heavy (non-hydrogen) atoms. The number of nitrogens with zero attached hydrogens (tertiary/aromatic N) is 1. The number of carbonyl (C=O) groups excluding carboxylic acids is 3. The number of rotatable bonds is 9. The maximum atomic E-state index is 12.7. The maximum absolute atomic E-state index is 12.7. The fraction of sp³-hybridized carbons (Fsp3) is 0.429. The summed E-state index contributed by atoms with van der Waals surface area (Å²) in [5.41, 5.74) is 6.09. The van der Waals surface area contributed by atoms with E-state index in [1.54, 1.807) is 20.8 Å². The van der Waals surface area contributed by atoms with Crippen LogP contribution >= 0.6 is 0 Å². The second-order valence-corrected chi connectivity index (χ2v) is 10.3. The zero-order chi connectivity index (χ0) is 27.9. The number of nitrogens with one attached hydrogen (secondary N) is 3.